The van der Waals surface area contributed by atoms with Crippen molar-refractivity contribution in [3.05, 3.63) is 87.7 Å². The SMILES string of the molecule is CS(=O)(=O)CC(=O)c1c(-c2ccc[nH]c2=O)c2c3c(ccc2n1Cc1ccccc1F)CCCO3. The molecule has 180 valence electrons. The highest BCUT2D eigenvalue weighted by Crippen LogP contribution is 2.43. The van der Waals surface area contributed by atoms with Crippen molar-refractivity contribution in [1.29, 1.82) is 0 Å². The Bertz CT molecular complexity index is 1640. The van der Waals surface area contributed by atoms with Gasteiger partial charge >= 0.3 is 0 Å². The van der Waals surface area contributed by atoms with Crippen molar-refractivity contribution in [3.63, 3.8) is 0 Å². The van der Waals surface area contributed by atoms with Gasteiger partial charge in [-0.15, -0.1) is 0 Å². The Hall–Kier alpha value is -3.72. The molecular formula is C26H23FN2O5S. The summed E-state index contributed by atoms with van der Waals surface area (Å²) in [6.07, 6.45) is 4.06. The minimum Gasteiger partial charge on any atom is -0.493 e. The molecule has 3 heterocycles. The van der Waals surface area contributed by atoms with Crippen molar-refractivity contribution in [2.75, 3.05) is 18.6 Å². The predicted octanol–water partition coefficient (Wildman–Crippen LogP) is 3.74. The van der Waals surface area contributed by atoms with Gasteiger partial charge in [-0.1, -0.05) is 24.3 Å². The van der Waals surface area contributed by atoms with E-state index in [1.807, 2.05) is 12.1 Å². The van der Waals surface area contributed by atoms with Crippen molar-refractivity contribution in [3.8, 4) is 16.9 Å². The van der Waals surface area contributed by atoms with E-state index in [-0.39, 0.29) is 17.8 Å². The number of benzene rings is 2. The zero-order valence-electron chi connectivity index (χ0n) is 19.0. The number of carbonyl (C=O) groups excluding carboxylic acids is 1. The number of hydrogen-bond donors (Lipinski definition) is 1. The third kappa shape index (κ3) is 4.27. The number of H-pyrrole nitrogens is 1. The van der Waals surface area contributed by atoms with Gasteiger partial charge in [0.25, 0.3) is 5.56 Å². The van der Waals surface area contributed by atoms with Gasteiger partial charge in [-0.2, -0.15) is 0 Å². The van der Waals surface area contributed by atoms with E-state index in [1.165, 1.54) is 12.3 Å². The van der Waals surface area contributed by atoms with Crippen LogP contribution in [0.15, 0.2) is 59.5 Å². The van der Waals surface area contributed by atoms with Crippen LogP contribution in [0.2, 0.25) is 0 Å². The summed E-state index contributed by atoms with van der Waals surface area (Å²) in [5.41, 5.74) is 1.93. The van der Waals surface area contributed by atoms with Crippen LogP contribution in [0.3, 0.4) is 0 Å². The molecule has 0 bridgehead atoms. The maximum atomic E-state index is 14.7. The van der Waals surface area contributed by atoms with E-state index < -0.39 is 32.7 Å². The van der Waals surface area contributed by atoms with E-state index in [0.29, 0.717) is 34.4 Å². The van der Waals surface area contributed by atoms with Crippen LogP contribution in [0, 0.1) is 5.82 Å². The van der Waals surface area contributed by atoms with Gasteiger partial charge in [0.1, 0.15) is 17.3 Å². The van der Waals surface area contributed by atoms with Gasteiger partial charge in [0.2, 0.25) is 0 Å². The molecule has 2 aromatic heterocycles. The molecule has 4 aromatic rings. The molecule has 0 saturated carbocycles. The van der Waals surface area contributed by atoms with E-state index in [1.54, 1.807) is 34.9 Å². The summed E-state index contributed by atoms with van der Waals surface area (Å²) >= 11 is 0. The van der Waals surface area contributed by atoms with Gasteiger partial charge in [0.15, 0.2) is 15.6 Å². The molecule has 7 nitrogen and oxygen atoms in total. The molecule has 0 saturated heterocycles. The average Bonchev–Trinajstić information content (AvgIpc) is 3.14. The molecule has 35 heavy (non-hydrogen) atoms. The lowest BCUT2D eigenvalue weighted by molar-refractivity contribution is 0.101. The molecule has 9 heteroatoms. The largest absolute Gasteiger partial charge is 0.493 e. The first-order chi connectivity index (χ1) is 16.7. The van der Waals surface area contributed by atoms with Gasteiger partial charge in [-0.05, 0) is 42.7 Å². The second-order valence-electron chi connectivity index (χ2n) is 8.71. The van der Waals surface area contributed by atoms with Gasteiger partial charge < -0.3 is 14.3 Å². The van der Waals surface area contributed by atoms with Crippen molar-refractivity contribution in [2.45, 2.75) is 19.4 Å². The number of aromatic nitrogens is 2. The quantitative estimate of drug-likeness (QED) is 0.412. The zero-order valence-corrected chi connectivity index (χ0v) is 19.8. The van der Waals surface area contributed by atoms with Crippen LogP contribution in [-0.4, -0.2) is 42.4 Å². The van der Waals surface area contributed by atoms with Crippen molar-refractivity contribution in [1.82, 2.24) is 9.55 Å². The van der Waals surface area contributed by atoms with Gasteiger partial charge in [0.05, 0.1) is 29.7 Å². The molecule has 1 aliphatic rings. The summed E-state index contributed by atoms with van der Waals surface area (Å²) in [4.78, 5) is 29.1. The highest BCUT2D eigenvalue weighted by Gasteiger charge is 2.31. The number of hydrogen-bond acceptors (Lipinski definition) is 5. The Labute approximate surface area is 201 Å². The molecular weight excluding hydrogens is 471 g/mol. The fraction of sp³-hybridized carbons (Fsp3) is 0.231. The maximum Gasteiger partial charge on any atom is 0.255 e. The smallest absolute Gasteiger partial charge is 0.255 e. The van der Waals surface area contributed by atoms with Crippen LogP contribution in [0.25, 0.3) is 22.0 Å². The van der Waals surface area contributed by atoms with Crippen LogP contribution in [0.1, 0.15) is 28.0 Å². The number of aryl methyl sites for hydroxylation is 1. The Morgan fingerprint density at radius 2 is 1.94 bits per heavy atom. The number of halogens is 1. The first-order valence-electron chi connectivity index (χ1n) is 11.2. The minimum absolute atomic E-state index is 0.0302. The van der Waals surface area contributed by atoms with Crippen molar-refractivity contribution in [2.24, 2.45) is 0 Å². The molecule has 0 aliphatic carbocycles. The second-order valence-corrected chi connectivity index (χ2v) is 10.8. The molecule has 0 radical (unpaired) electrons. The molecule has 0 fully saturated rings. The molecule has 0 amide bonds. The first-order valence-corrected chi connectivity index (χ1v) is 13.2. The lowest BCUT2D eigenvalue weighted by Crippen LogP contribution is -2.20. The number of pyridine rings is 1. The van der Waals surface area contributed by atoms with Crippen LogP contribution >= 0.6 is 0 Å². The topological polar surface area (TPSA) is 98.2 Å². The van der Waals surface area contributed by atoms with Crippen LogP contribution in [-0.2, 0) is 22.8 Å². The Morgan fingerprint density at radius 1 is 1.14 bits per heavy atom. The summed E-state index contributed by atoms with van der Waals surface area (Å²) in [5.74, 6) is -1.32. The summed E-state index contributed by atoms with van der Waals surface area (Å²) in [7, 11) is -3.69. The van der Waals surface area contributed by atoms with Crippen LogP contribution in [0.4, 0.5) is 4.39 Å². The lowest BCUT2D eigenvalue weighted by atomic mass is 9.97. The summed E-state index contributed by atoms with van der Waals surface area (Å²) in [6.45, 7) is 0.444. The minimum atomic E-state index is -3.69. The molecule has 5 rings (SSSR count). The highest BCUT2D eigenvalue weighted by molar-refractivity contribution is 7.91. The maximum absolute atomic E-state index is 14.7. The standard InChI is InChI=1S/C26H23FN2O5S/c1-35(32,33)15-21(30)24-22(18-8-4-12-28-26(18)31)23-20(11-10-16-7-5-13-34-25(16)23)29(24)14-17-6-2-3-9-19(17)27/h2-4,6,8-12H,5,7,13-15H2,1H3,(H,28,31). The van der Waals surface area contributed by atoms with Crippen molar-refractivity contribution >= 4 is 26.5 Å². The zero-order chi connectivity index (χ0) is 24.7. The van der Waals surface area contributed by atoms with Crippen LogP contribution in [0.5, 0.6) is 5.75 Å². The number of ether oxygens (including phenoxy) is 1. The average molecular weight is 495 g/mol. The number of rotatable bonds is 6. The van der Waals surface area contributed by atoms with Gasteiger partial charge in [-0.3, -0.25) is 9.59 Å². The highest BCUT2D eigenvalue weighted by atomic mass is 32.2. The number of carbonyl (C=O) groups is 1. The molecule has 1 N–H and O–H groups in total. The fourth-order valence-electron chi connectivity index (χ4n) is 4.69. The Morgan fingerprint density at radius 3 is 2.69 bits per heavy atom. The lowest BCUT2D eigenvalue weighted by Gasteiger charge is -2.19. The summed E-state index contributed by atoms with van der Waals surface area (Å²) < 4.78 is 46.5. The number of nitrogens with zero attached hydrogens (tertiary/aromatic N) is 1. The third-order valence-electron chi connectivity index (χ3n) is 6.13. The molecule has 0 spiro atoms. The van der Waals surface area contributed by atoms with E-state index in [2.05, 4.69) is 4.98 Å². The van der Waals surface area contributed by atoms with Gasteiger partial charge in [0, 0.05) is 29.1 Å². The molecule has 2 aromatic carbocycles. The fourth-order valence-corrected chi connectivity index (χ4v) is 5.31. The Balaban J connectivity index is 1.91. The monoisotopic (exact) mass is 494 g/mol. The van der Waals surface area contributed by atoms with E-state index >= 15 is 0 Å². The number of sulfone groups is 1. The number of Topliss-reactive ketones (excluding diaryl/α,β-unsaturated/α-hetero) is 1. The summed E-state index contributed by atoms with van der Waals surface area (Å²) in [5, 5.41) is 0.548. The number of nitrogens with one attached hydrogen (secondary N) is 1. The van der Waals surface area contributed by atoms with E-state index in [0.717, 1.165) is 24.7 Å². The van der Waals surface area contributed by atoms with Gasteiger partial charge in [-0.25, -0.2) is 12.8 Å². The number of fused-ring (bicyclic) bond motifs is 3. The molecule has 1 aliphatic heterocycles. The van der Waals surface area contributed by atoms with E-state index in [9.17, 15) is 22.4 Å². The molecule has 0 unspecified atom stereocenters. The van der Waals surface area contributed by atoms with Crippen LogP contribution < -0.4 is 10.3 Å². The first kappa shape index (κ1) is 23.0. The third-order valence-corrected chi connectivity index (χ3v) is 6.92. The second kappa shape index (κ2) is 8.81. The van der Waals surface area contributed by atoms with E-state index in [4.69, 9.17) is 4.74 Å². The summed E-state index contributed by atoms with van der Waals surface area (Å²) in [6, 6.07) is 13.1. The molecule has 0 atom stereocenters. The Kier molecular flexibility index (Phi) is 5.80. The number of ketones is 1. The van der Waals surface area contributed by atoms with Crippen molar-refractivity contribution < 1.29 is 22.3 Å². The predicted molar refractivity (Wildman–Crippen MR) is 131 cm³/mol. The normalized spacial score (nSPS) is 13.4. The number of aromatic amines is 1.